The standard InChI is InChI=1S/C7H6N.Rb/c1-8-7-5-3-2-4-6-7;/h1-6H;. The summed E-state index contributed by atoms with van der Waals surface area (Å²) in [6.07, 6.45) is 0. The second-order valence-corrected chi connectivity index (χ2v) is 2.99. The molecule has 0 amide bonds. The molecule has 0 radical (unpaired) electrons. The molecule has 0 aliphatic heterocycles. The summed E-state index contributed by atoms with van der Waals surface area (Å²) in [6, 6.07) is 10.0. The zero-order valence-electron chi connectivity index (χ0n) is 5.41. The van der Waals surface area contributed by atoms with Crippen LogP contribution in [-0.4, -0.2) is 54.8 Å². The molecule has 0 aromatic heterocycles. The van der Waals surface area contributed by atoms with Crippen molar-refractivity contribution in [2.24, 2.45) is 4.99 Å². The van der Waals surface area contributed by atoms with Crippen molar-refractivity contribution < 1.29 is 0 Å². The van der Waals surface area contributed by atoms with Crippen molar-refractivity contribution in [3.63, 3.8) is 0 Å². The molecule has 0 bridgehead atoms. The van der Waals surface area contributed by atoms with Gasteiger partial charge >= 0.3 is 95.8 Å². The van der Waals surface area contributed by atoms with Gasteiger partial charge in [-0.1, -0.05) is 0 Å². The van der Waals surface area contributed by atoms with E-state index < -0.39 is 0 Å². The van der Waals surface area contributed by atoms with Crippen LogP contribution in [0.25, 0.3) is 0 Å². The molecule has 0 aliphatic carbocycles. The van der Waals surface area contributed by atoms with Crippen LogP contribution in [0.5, 0.6) is 0 Å². The maximum absolute atomic E-state index is 4.18. The molecule has 0 saturated carbocycles. The maximum atomic E-state index is 4.18. The molecular weight excluding hydrogens is 184 g/mol. The molecule has 0 aliphatic rings. The summed E-state index contributed by atoms with van der Waals surface area (Å²) in [7, 11) is 0. The Morgan fingerprint density at radius 3 is 2.44 bits per heavy atom. The zero-order chi connectivity index (χ0) is 6.53. The Kier molecular flexibility index (Phi) is 3.90. The third-order valence-corrected chi connectivity index (χ3v) is 1.67. The molecule has 0 fully saturated rings. The Morgan fingerprint density at radius 2 is 1.89 bits per heavy atom. The number of para-hydroxylation sites is 1. The predicted octanol–water partition coefficient (Wildman–Crippen LogP) is 1.51. The summed E-state index contributed by atoms with van der Waals surface area (Å²) in [5.74, 6) is 0. The van der Waals surface area contributed by atoms with Crippen molar-refractivity contribution in [1.29, 1.82) is 0 Å². The summed E-state index contributed by atoms with van der Waals surface area (Å²) in [5, 5.41) is 0. The van der Waals surface area contributed by atoms with Gasteiger partial charge < -0.3 is 0 Å². The van der Waals surface area contributed by atoms with Crippen molar-refractivity contribution in [2.45, 2.75) is 0 Å². The van der Waals surface area contributed by atoms with E-state index in [9.17, 15) is 0 Å². The first-order valence-electron chi connectivity index (χ1n) is 2.97. The molecule has 9 heavy (non-hydrogen) atoms. The molecule has 40 valence electrons. The van der Waals surface area contributed by atoms with E-state index in [1.807, 2.05) is 29.6 Å². The normalized spacial score (nSPS) is 10.4. The van der Waals surface area contributed by atoms with E-state index in [-0.39, 0.29) is 0 Å². The van der Waals surface area contributed by atoms with Gasteiger partial charge in [0.15, 0.2) is 0 Å². The summed E-state index contributed by atoms with van der Waals surface area (Å²) >= 11 is 0.583. The van der Waals surface area contributed by atoms with Crippen LogP contribution in [0, 0.1) is 0 Å². The molecule has 0 spiro atoms. The van der Waals surface area contributed by atoms with Gasteiger partial charge in [0.05, 0.1) is 0 Å². The molecule has 1 rings (SSSR count). The third-order valence-electron chi connectivity index (χ3n) is 1.03. The Hall–Kier alpha value is 0.695. The first kappa shape index (κ1) is 7.80. The topological polar surface area (TPSA) is 12.4 Å². The van der Waals surface area contributed by atoms with Gasteiger partial charge in [-0.25, -0.2) is 0 Å². The summed E-state index contributed by atoms with van der Waals surface area (Å²) < 4.78 is 2.00. The molecule has 0 heterocycles. The number of hydrogen-bond donors (Lipinski definition) is 0. The van der Waals surface area contributed by atoms with Crippen LogP contribution in [-0.2, 0) is 0 Å². The molecule has 0 saturated heterocycles. The number of hydrogen-bond acceptors (Lipinski definition) is 1. The number of rotatable bonds is 1. The van der Waals surface area contributed by atoms with E-state index in [1.54, 1.807) is 0 Å². The molecule has 0 atom stereocenters. The Bertz CT molecular complexity index is 193. The van der Waals surface area contributed by atoms with Gasteiger partial charge in [0.1, 0.15) is 0 Å². The summed E-state index contributed by atoms with van der Waals surface area (Å²) in [4.78, 5) is 4.18. The van der Waals surface area contributed by atoms with Gasteiger partial charge in [0.25, 0.3) is 0 Å². The van der Waals surface area contributed by atoms with E-state index >= 15 is 0 Å². The van der Waals surface area contributed by atoms with E-state index in [0.717, 1.165) is 5.69 Å². The van der Waals surface area contributed by atoms with E-state index in [4.69, 9.17) is 0 Å². The van der Waals surface area contributed by atoms with Crippen LogP contribution in [0.1, 0.15) is 0 Å². The van der Waals surface area contributed by atoms with Crippen LogP contribution >= 0.6 is 0 Å². The first-order chi connectivity index (χ1) is 4.43. The minimum atomic E-state index is 0.583. The fourth-order valence-electron chi connectivity index (χ4n) is 0.663. The molecule has 1 aromatic carbocycles. The van der Waals surface area contributed by atoms with E-state index in [0.29, 0.717) is 55.5 Å². The number of nitrogens with zero attached hydrogens (tertiary/aromatic N) is 1. The van der Waals surface area contributed by atoms with Crippen LogP contribution in [0.4, 0.5) is 5.69 Å². The Morgan fingerprint density at radius 1 is 1.22 bits per heavy atom. The zero-order valence-corrected chi connectivity index (χ0v) is 10.3. The second kappa shape index (κ2) is 4.50. The quantitative estimate of drug-likeness (QED) is 0.594. The Labute approximate surface area is 93.9 Å². The van der Waals surface area contributed by atoms with Crippen molar-refractivity contribution >= 4 is 60.5 Å². The van der Waals surface area contributed by atoms with Crippen molar-refractivity contribution in [3.05, 3.63) is 30.3 Å². The average molecular weight is 190 g/mol. The number of aliphatic imine (C=N–C) groups is 1. The fourth-order valence-corrected chi connectivity index (χ4v) is 1.40. The van der Waals surface area contributed by atoms with Crippen LogP contribution < -0.4 is 0 Å². The number of benzene rings is 1. The van der Waals surface area contributed by atoms with Crippen LogP contribution in [0.15, 0.2) is 35.3 Å². The Balaban J connectivity index is 2.85. The van der Waals surface area contributed by atoms with Crippen molar-refractivity contribution in [1.82, 2.24) is 0 Å². The predicted molar refractivity (Wildman–Crippen MR) is 40.3 cm³/mol. The van der Waals surface area contributed by atoms with E-state index in [2.05, 4.69) is 4.99 Å². The van der Waals surface area contributed by atoms with Gasteiger partial charge in [-0.2, -0.15) is 0 Å². The van der Waals surface area contributed by atoms with Gasteiger partial charge in [-0.15, -0.1) is 0 Å². The second-order valence-electron chi connectivity index (χ2n) is 1.72. The molecular formula is C7H6NRb. The van der Waals surface area contributed by atoms with E-state index in [1.165, 1.54) is 0 Å². The van der Waals surface area contributed by atoms with Gasteiger partial charge in [0, 0.05) is 0 Å². The van der Waals surface area contributed by atoms with Crippen molar-refractivity contribution in [3.8, 4) is 0 Å². The van der Waals surface area contributed by atoms with Gasteiger partial charge in [0.2, 0.25) is 0 Å². The molecule has 0 N–H and O–H groups in total. The van der Waals surface area contributed by atoms with Crippen molar-refractivity contribution in [2.75, 3.05) is 0 Å². The first-order valence-corrected chi connectivity index (χ1v) is 5.81. The van der Waals surface area contributed by atoms with Crippen LogP contribution in [0.2, 0.25) is 0 Å². The summed E-state index contributed by atoms with van der Waals surface area (Å²) in [5.41, 5.74) is 1.07. The van der Waals surface area contributed by atoms with Crippen LogP contribution in [0.3, 0.4) is 0 Å². The molecule has 1 nitrogen and oxygen atoms in total. The minimum absolute atomic E-state index is 0.583. The fraction of sp³-hybridized carbons (Fsp3) is 0. The molecule has 2 heteroatoms. The molecule has 0 unspecified atom stereocenters. The van der Waals surface area contributed by atoms with Gasteiger partial charge in [-0.3, -0.25) is 0 Å². The summed E-state index contributed by atoms with van der Waals surface area (Å²) in [6.45, 7) is 0. The molecule has 1 aromatic rings. The SMILES string of the molecule is [Rb]/[CH]=N/c1ccccc1. The van der Waals surface area contributed by atoms with Gasteiger partial charge in [-0.05, 0) is 0 Å². The monoisotopic (exact) mass is 189 g/mol. The third kappa shape index (κ3) is 2.85. The average Bonchev–Trinajstić information content (AvgIpc) is 1.91.